The van der Waals surface area contributed by atoms with Gasteiger partial charge in [0.2, 0.25) is 11.5 Å². The highest BCUT2D eigenvalue weighted by molar-refractivity contribution is 5.87. The van der Waals surface area contributed by atoms with Gasteiger partial charge in [0.25, 0.3) is 0 Å². The summed E-state index contributed by atoms with van der Waals surface area (Å²) in [6, 6.07) is 24.3. The lowest BCUT2D eigenvalue weighted by Crippen LogP contribution is -2.38. The van der Waals surface area contributed by atoms with Crippen LogP contribution in [0.5, 0.6) is 0 Å². The fourth-order valence-electron chi connectivity index (χ4n) is 3.75. The Morgan fingerprint density at radius 3 is 2.39 bits per heavy atom. The van der Waals surface area contributed by atoms with Gasteiger partial charge in [-0.2, -0.15) is 0 Å². The lowest BCUT2D eigenvalue weighted by Gasteiger charge is -2.39. The van der Waals surface area contributed by atoms with Crippen LogP contribution in [0, 0.1) is 0 Å². The second-order valence-electron chi connectivity index (χ2n) is 6.86. The van der Waals surface area contributed by atoms with Crippen LogP contribution in [0.3, 0.4) is 0 Å². The van der Waals surface area contributed by atoms with Crippen LogP contribution >= 0.6 is 0 Å². The molecular formula is C24H22O4. The van der Waals surface area contributed by atoms with Gasteiger partial charge in [0.1, 0.15) is 0 Å². The van der Waals surface area contributed by atoms with Crippen molar-refractivity contribution in [3.8, 4) is 0 Å². The third-order valence-electron chi connectivity index (χ3n) is 5.25. The summed E-state index contributed by atoms with van der Waals surface area (Å²) in [5.74, 6) is -1.47. The third-order valence-corrected chi connectivity index (χ3v) is 5.25. The summed E-state index contributed by atoms with van der Waals surface area (Å²) in [4.78, 5) is 12.3. The van der Waals surface area contributed by atoms with Gasteiger partial charge in [0.05, 0.1) is 7.11 Å². The highest BCUT2D eigenvalue weighted by Gasteiger charge is 2.43. The molecular weight excluding hydrogens is 352 g/mol. The average molecular weight is 374 g/mol. The summed E-state index contributed by atoms with van der Waals surface area (Å²) in [5, 5.41) is 2.22. The van der Waals surface area contributed by atoms with Crippen LogP contribution < -0.4 is 0 Å². The van der Waals surface area contributed by atoms with Crippen molar-refractivity contribution in [2.45, 2.75) is 18.1 Å². The van der Waals surface area contributed by atoms with Crippen LogP contribution in [-0.2, 0) is 24.8 Å². The molecule has 0 fully saturated rings. The Balaban J connectivity index is 1.82. The number of fused-ring (bicyclic) bond motifs is 1. The molecule has 3 aromatic carbocycles. The van der Waals surface area contributed by atoms with E-state index in [1.807, 2.05) is 60.7 Å². The first-order valence-electron chi connectivity index (χ1n) is 9.24. The summed E-state index contributed by atoms with van der Waals surface area (Å²) in [6.07, 6.45) is 2.37. The Morgan fingerprint density at radius 1 is 0.964 bits per heavy atom. The van der Waals surface area contributed by atoms with Gasteiger partial charge in [-0.25, -0.2) is 4.79 Å². The number of hydrogen-bond donors (Lipinski definition) is 0. The first kappa shape index (κ1) is 18.3. The van der Waals surface area contributed by atoms with Crippen molar-refractivity contribution in [3.05, 3.63) is 95.8 Å². The number of methoxy groups -OCH3 is 2. The minimum absolute atomic E-state index is 0.0459. The summed E-state index contributed by atoms with van der Waals surface area (Å²) in [7, 11) is 2.96. The number of hydrogen-bond acceptors (Lipinski definition) is 4. The van der Waals surface area contributed by atoms with Crippen LogP contribution in [0.2, 0.25) is 0 Å². The molecule has 2 atom stereocenters. The van der Waals surface area contributed by atoms with Crippen LogP contribution in [0.15, 0.2) is 84.6 Å². The van der Waals surface area contributed by atoms with E-state index in [1.165, 1.54) is 7.11 Å². The molecule has 1 aliphatic rings. The zero-order valence-corrected chi connectivity index (χ0v) is 15.9. The number of carbonyl (C=O) groups is 1. The van der Waals surface area contributed by atoms with Crippen molar-refractivity contribution < 1.29 is 19.0 Å². The van der Waals surface area contributed by atoms with E-state index < -0.39 is 11.8 Å². The lowest BCUT2D eigenvalue weighted by molar-refractivity contribution is -0.225. The molecule has 0 N–H and O–H groups in total. The smallest absolute Gasteiger partial charge is 0.373 e. The van der Waals surface area contributed by atoms with E-state index in [2.05, 4.69) is 18.2 Å². The minimum Gasteiger partial charge on any atom is -0.463 e. The third kappa shape index (κ3) is 3.27. The maximum Gasteiger partial charge on any atom is 0.373 e. The molecule has 3 aromatic rings. The first-order chi connectivity index (χ1) is 13.6. The SMILES string of the molecule is COC(=O)C1=CC(c2ccccc2)CC(OC)(c2ccc3ccccc3c2)O1. The highest BCUT2D eigenvalue weighted by atomic mass is 16.7. The Bertz CT molecular complexity index is 1020. The molecule has 142 valence electrons. The molecule has 1 aliphatic heterocycles. The lowest BCUT2D eigenvalue weighted by atomic mass is 9.85. The summed E-state index contributed by atoms with van der Waals surface area (Å²) in [5.41, 5.74) is 1.96. The van der Waals surface area contributed by atoms with E-state index in [0.717, 1.165) is 21.9 Å². The van der Waals surface area contributed by atoms with Gasteiger partial charge >= 0.3 is 5.97 Å². The molecule has 0 aliphatic carbocycles. The number of carbonyl (C=O) groups excluding carboxylic acids is 1. The molecule has 0 spiro atoms. The first-order valence-corrected chi connectivity index (χ1v) is 9.24. The van der Waals surface area contributed by atoms with Crippen LogP contribution in [0.4, 0.5) is 0 Å². The Labute approximate surface area is 164 Å². The normalized spacial score (nSPS) is 21.6. The van der Waals surface area contributed by atoms with Crippen molar-refractivity contribution in [1.82, 2.24) is 0 Å². The largest absolute Gasteiger partial charge is 0.463 e. The average Bonchev–Trinajstić information content (AvgIpc) is 2.78. The molecule has 4 rings (SSSR count). The molecule has 0 radical (unpaired) electrons. The number of esters is 1. The van der Waals surface area contributed by atoms with Gasteiger partial charge in [-0.3, -0.25) is 0 Å². The zero-order valence-electron chi connectivity index (χ0n) is 15.9. The van der Waals surface area contributed by atoms with Gasteiger partial charge in [-0.1, -0.05) is 66.7 Å². The van der Waals surface area contributed by atoms with E-state index in [1.54, 1.807) is 7.11 Å². The van der Waals surface area contributed by atoms with Gasteiger partial charge in [-0.05, 0) is 28.5 Å². The van der Waals surface area contributed by atoms with Crippen LogP contribution in [0.25, 0.3) is 10.8 Å². The van der Waals surface area contributed by atoms with Crippen LogP contribution in [-0.4, -0.2) is 20.2 Å². The standard InChI is InChI=1S/C24H22O4/c1-26-23(25)22-15-20(17-8-4-3-5-9-17)16-24(27-2,28-22)21-13-12-18-10-6-7-11-19(18)14-21/h3-15,20H,16H2,1-2H3. The number of rotatable bonds is 4. The van der Waals surface area contributed by atoms with E-state index in [9.17, 15) is 4.79 Å². The monoisotopic (exact) mass is 374 g/mol. The quantitative estimate of drug-likeness (QED) is 0.609. The Kier molecular flexibility index (Phi) is 4.88. The zero-order chi connectivity index (χ0) is 19.6. The molecule has 2 unspecified atom stereocenters. The van der Waals surface area contributed by atoms with Crippen molar-refractivity contribution in [2.24, 2.45) is 0 Å². The van der Waals surface area contributed by atoms with Crippen molar-refractivity contribution in [3.63, 3.8) is 0 Å². The van der Waals surface area contributed by atoms with Gasteiger partial charge in [-0.15, -0.1) is 0 Å². The Morgan fingerprint density at radius 2 is 1.68 bits per heavy atom. The fourth-order valence-corrected chi connectivity index (χ4v) is 3.75. The van der Waals surface area contributed by atoms with E-state index in [-0.39, 0.29) is 11.7 Å². The fraction of sp³-hybridized carbons (Fsp3) is 0.208. The van der Waals surface area contributed by atoms with E-state index in [0.29, 0.717) is 6.42 Å². The number of allylic oxidation sites excluding steroid dienone is 1. The molecule has 0 amide bonds. The molecule has 4 heteroatoms. The maximum atomic E-state index is 12.3. The molecule has 28 heavy (non-hydrogen) atoms. The van der Waals surface area contributed by atoms with Crippen molar-refractivity contribution in [1.29, 1.82) is 0 Å². The second-order valence-corrected chi connectivity index (χ2v) is 6.86. The number of ether oxygens (including phenoxy) is 3. The van der Waals surface area contributed by atoms with Crippen LogP contribution in [0.1, 0.15) is 23.5 Å². The second kappa shape index (κ2) is 7.49. The minimum atomic E-state index is -1.08. The van der Waals surface area contributed by atoms with Gasteiger partial charge in [0, 0.05) is 25.0 Å². The van der Waals surface area contributed by atoms with Crippen molar-refractivity contribution >= 4 is 16.7 Å². The topological polar surface area (TPSA) is 44.8 Å². The van der Waals surface area contributed by atoms with Gasteiger partial charge in [0.15, 0.2) is 0 Å². The predicted molar refractivity (Wildman–Crippen MR) is 108 cm³/mol. The van der Waals surface area contributed by atoms with Gasteiger partial charge < -0.3 is 14.2 Å². The summed E-state index contributed by atoms with van der Waals surface area (Å²) < 4.78 is 17.0. The van der Waals surface area contributed by atoms with E-state index in [4.69, 9.17) is 14.2 Å². The highest BCUT2D eigenvalue weighted by Crippen LogP contribution is 2.44. The molecule has 0 bridgehead atoms. The summed E-state index contributed by atoms with van der Waals surface area (Å²) >= 11 is 0. The molecule has 4 nitrogen and oxygen atoms in total. The molecule has 1 heterocycles. The molecule has 0 saturated heterocycles. The predicted octanol–water partition coefficient (Wildman–Crippen LogP) is 4.90. The van der Waals surface area contributed by atoms with E-state index >= 15 is 0 Å². The van der Waals surface area contributed by atoms with Crippen molar-refractivity contribution in [2.75, 3.05) is 14.2 Å². The number of benzene rings is 3. The summed E-state index contributed by atoms with van der Waals surface area (Å²) in [6.45, 7) is 0. The molecule has 0 aromatic heterocycles. The Hall–Kier alpha value is -3.11. The molecule has 0 saturated carbocycles. The maximum absolute atomic E-state index is 12.3.